The number of likely N-dealkylation sites (tertiary alicyclic amines) is 1. The van der Waals surface area contributed by atoms with Gasteiger partial charge in [0.05, 0.1) is 24.2 Å². The van der Waals surface area contributed by atoms with Crippen LogP contribution in [-0.2, 0) is 19.5 Å². The van der Waals surface area contributed by atoms with Crippen LogP contribution >= 0.6 is 0 Å². The Morgan fingerprint density at radius 3 is 2.29 bits per heavy atom. The molecule has 38 heavy (non-hydrogen) atoms. The number of nitrogens with zero attached hydrogens (tertiary/aromatic N) is 3. The maximum atomic E-state index is 14.1. The monoisotopic (exact) mass is 553 g/mol. The molecule has 3 aliphatic heterocycles. The number of fused-ring (bicyclic) bond motifs is 2. The average Bonchev–Trinajstić information content (AvgIpc) is 3.79. The molecule has 0 N–H and O–H groups in total. The molecule has 2 saturated carbocycles. The van der Waals surface area contributed by atoms with E-state index in [4.69, 9.17) is 9.47 Å². The fourth-order valence-corrected chi connectivity index (χ4v) is 8.70. The first kappa shape index (κ1) is 26.4. The van der Waals surface area contributed by atoms with Gasteiger partial charge in [0.2, 0.25) is 10.0 Å². The number of hydrogen-bond donors (Lipinski definition) is 0. The summed E-state index contributed by atoms with van der Waals surface area (Å²) >= 11 is 0. The quantitative estimate of drug-likeness (QED) is 0.488. The van der Waals surface area contributed by atoms with E-state index in [0.29, 0.717) is 56.4 Å². The molecule has 11 heteroatoms. The van der Waals surface area contributed by atoms with E-state index < -0.39 is 50.3 Å². The second kappa shape index (κ2) is 9.98. The Kier molecular flexibility index (Phi) is 6.93. The fourth-order valence-electron chi connectivity index (χ4n) is 6.80. The van der Waals surface area contributed by atoms with Gasteiger partial charge in [0.1, 0.15) is 17.2 Å². The lowest BCUT2D eigenvalue weighted by Gasteiger charge is -2.45. The maximum absolute atomic E-state index is 14.1. The van der Waals surface area contributed by atoms with Crippen LogP contribution in [0, 0.1) is 17.6 Å². The number of morpholine rings is 1. The Hall–Kier alpha value is -1.82. The molecule has 1 amide bonds. The van der Waals surface area contributed by atoms with E-state index in [2.05, 4.69) is 11.8 Å². The summed E-state index contributed by atoms with van der Waals surface area (Å²) in [7, 11) is -4.29. The van der Waals surface area contributed by atoms with Gasteiger partial charge in [-0.25, -0.2) is 22.0 Å². The van der Waals surface area contributed by atoms with Crippen LogP contribution in [0.15, 0.2) is 23.1 Å². The standard InChI is InChI=1S/C27H37F2N3O5S/c1-2-9-31-21-5-6-22(31)15-30(14-21)26(33)37-27(7-8-27)25-17-36-16-23(10-18-3-4-18)32(25)38(34,35)24-12-19(28)11-20(29)13-24/h11-13,18,21-23,25H,2-10,14-17H2,1H3/t21?,22?,23-,25-/m1/s1. The number of sulfonamides is 1. The van der Waals surface area contributed by atoms with Crippen LogP contribution in [0.1, 0.15) is 58.3 Å². The number of piperazine rings is 1. The zero-order valence-electron chi connectivity index (χ0n) is 21.9. The summed E-state index contributed by atoms with van der Waals surface area (Å²) in [6.07, 6.45) is 6.50. The van der Waals surface area contributed by atoms with Crippen molar-refractivity contribution >= 4 is 16.1 Å². The molecular weight excluding hydrogens is 516 g/mol. The number of carbonyl (C=O) groups excluding carboxylic acids is 1. The Bertz CT molecular complexity index is 1140. The third kappa shape index (κ3) is 4.95. The molecule has 8 nitrogen and oxygen atoms in total. The van der Waals surface area contributed by atoms with E-state index in [9.17, 15) is 22.0 Å². The minimum absolute atomic E-state index is 0.0704. The van der Waals surface area contributed by atoms with E-state index in [-0.39, 0.29) is 13.2 Å². The lowest BCUT2D eigenvalue weighted by Crippen LogP contribution is -2.62. The topological polar surface area (TPSA) is 79.4 Å². The lowest BCUT2D eigenvalue weighted by atomic mass is 10.0. The molecule has 3 saturated heterocycles. The number of halogens is 2. The van der Waals surface area contributed by atoms with Gasteiger partial charge < -0.3 is 14.4 Å². The predicted molar refractivity (Wildman–Crippen MR) is 135 cm³/mol. The molecule has 4 atom stereocenters. The highest BCUT2D eigenvalue weighted by atomic mass is 32.2. The van der Waals surface area contributed by atoms with Crippen molar-refractivity contribution in [2.24, 2.45) is 5.92 Å². The number of rotatable bonds is 8. The van der Waals surface area contributed by atoms with Gasteiger partial charge in [-0.1, -0.05) is 19.8 Å². The van der Waals surface area contributed by atoms with E-state index >= 15 is 0 Å². The first-order valence-electron chi connectivity index (χ1n) is 14.0. The van der Waals surface area contributed by atoms with Crippen LogP contribution in [0.4, 0.5) is 13.6 Å². The number of ether oxygens (including phenoxy) is 2. The molecule has 3 heterocycles. The Balaban J connectivity index is 1.25. The summed E-state index contributed by atoms with van der Waals surface area (Å²) in [5.74, 6) is -1.50. The van der Waals surface area contributed by atoms with E-state index in [1.165, 1.54) is 4.31 Å². The molecule has 5 fully saturated rings. The smallest absolute Gasteiger partial charge is 0.410 e. The highest BCUT2D eigenvalue weighted by Gasteiger charge is 2.61. The second-order valence-corrected chi connectivity index (χ2v) is 13.6. The third-order valence-electron chi connectivity index (χ3n) is 8.98. The SMILES string of the molecule is CCCN1C2CCC1CN(C(=O)OC1([C@H]3COC[C@@H](CC4CC4)N3S(=O)(=O)c3cc(F)cc(F)c3)CC1)C2. The van der Waals surface area contributed by atoms with Crippen molar-refractivity contribution in [3.05, 3.63) is 29.8 Å². The van der Waals surface area contributed by atoms with Gasteiger partial charge in [-0.15, -0.1) is 0 Å². The van der Waals surface area contributed by atoms with Crippen molar-refractivity contribution in [2.45, 2.75) is 93.0 Å². The van der Waals surface area contributed by atoms with Gasteiger partial charge >= 0.3 is 6.09 Å². The molecule has 0 radical (unpaired) electrons. The van der Waals surface area contributed by atoms with Gasteiger partial charge in [0.25, 0.3) is 0 Å². The van der Waals surface area contributed by atoms with Crippen molar-refractivity contribution < 1.29 is 31.5 Å². The minimum atomic E-state index is -4.29. The molecule has 0 spiro atoms. The fraction of sp³-hybridized carbons (Fsp3) is 0.741. The first-order chi connectivity index (χ1) is 18.2. The molecule has 6 rings (SSSR count). The zero-order valence-corrected chi connectivity index (χ0v) is 22.7. The normalized spacial score (nSPS) is 31.4. The van der Waals surface area contributed by atoms with E-state index in [1.54, 1.807) is 4.90 Å². The second-order valence-electron chi connectivity index (χ2n) is 11.8. The Morgan fingerprint density at radius 1 is 1.05 bits per heavy atom. The van der Waals surface area contributed by atoms with Crippen molar-refractivity contribution in [3.8, 4) is 0 Å². The van der Waals surface area contributed by atoms with Crippen LogP contribution in [0.25, 0.3) is 0 Å². The highest BCUT2D eigenvalue weighted by Crippen LogP contribution is 2.49. The summed E-state index contributed by atoms with van der Waals surface area (Å²) in [6.45, 7) is 4.69. The summed E-state index contributed by atoms with van der Waals surface area (Å²) in [5.41, 5.74) is -1.00. The number of hydrogen-bond acceptors (Lipinski definition) is 6. The molecule has 2 aliphatic carbocycles. The van der Waals surface area contributed by atoms with Gasteiger partial charge in [-0.2, -0.15) is 4.31 Å². The Morgan fingerprint density at radius 2 is 1.71 bits per heavy atom. The van der Waals surface area contributed by atoms with Crippen molar-refractivity contribution in [3.63, 3.8) is 0 Å². The Labute approximate surface area is 223 Å². The van der Waals surface area contributed by atoms with E-state index in [1.807, 2.05) is 0 Å². The van der Waals surface area contributed by atoms with Gasteiger partial charge in [0.15, 0.2) is 0 Å². The predicted octanol–water partition coefficient (Wildman–Crippen LogP) is 3.75. The first-order valence-corrected chi connectivity index (χ1v) is 15.5. The number of benzene rings is 1. The average molecular weight is 554 g/mol. The molecule has 1 aromatic rings. The number of amides is 1. The van der Waals surface area contributed by atoms with Crippen LogP contribution in [0.2, 0.25) is 0 Å². The summed E-state index contributed by atoms with van der Waals surface area (Å²) in [5, 5.41) is 0. The summed E-state index contributed by atoms with van der Waals surface area (Å²) in [6, 6.07) is 1.80. The van der Waals surface area contributed by atoms with Crippen LogP contribution in [0.5, 0.6) is 0 Å². The van der Waals surface area contributed by atoms with E-state index in [0.717, 1.165) is 50.8 Å². The highest BCUT2D eigenvalue weighted by molar-refractivity contribution is 7.89. The maximum Gasteiger partial charge on any atom is 0.410 e. The van der Waals surface area contributed by atoms with Crippen LogP contribution < -0.4 is 0 Å². The lowest BCUT2D eigenvalue weighted by molar-refractivity contribution is -0.0763. The van der Waals surface area contributed by atoms with Crippen LogP contribution in [0.3, 0.4) is 0 Å². The third-order valence-corrected chi connectivity index (χ3v) is 10.9. The molecule has 1 aromatic carbocycles. The van der Waals surface area contributed by atoms with Crippen LogP contribution in [-0.4, -0.2) is 91.2 Å². The molecule has 210 valence electrons. The summed E-state index contributed by atoms with van der Waals surface area (Å²) < 4.78 is 69.5. The van der Waals surface area contributed by atoms with Crippen molar-refractivity contribution in [1.29, 1.82) is 0 Å². The molecule has 2 bridgehead atoms. The van der Waals surface area contributed by atoms with Crippen molar-refractivity contribution in [2.75, 3.05) is 32.8 Å². The summed E-state index contributed by atoms with van der Waals surface area (Å²) in [4.78, 5) is 17.3. The molecule has 2 unspecified atom stereocenters. The van der Waals surface area contributed by atoms with Gasteiger partial charge in [-0.05, 0) is 63.1 Å². The van der Waals surface area contributed by atoms with Gasteiger partial charge in [-0.3, -0.25) is 4.90 Å². The number of carbonyl (C=O) groups is 1. The molecule has 5 aliphatic rings. The molecular formula is C27H37F2N3O5S. The largest absolute Gasteiger partial charge is 0.441 e. The van der Waals surface area contributed by atoms with Crippen molar-refractivity contribution in [1.82, 2.24) is 14.1 Å². The van der Waals surface area contributed by atoms with Gasteiger partial charge in [0, 0.05) is 37.3 Å². The molecule has 0 aromatic heterocycles. The minimum Gasteiger partial charge on any atom is -0.441 e. The zero-order chi connectivity index (χ0) is 26.7.